The Morgan fingerprint density at radius 2 is 1.78 bits per heavy atom. The normalized spacial score (nSPS) is 11.6. The molecule has 0 atom stereocenters. The van der Waals surface area contributed by atoms with E-state index in [1.807, 2.05) is 25.2 Å². The molecule has 2 aromatic heterocycles. The Bertz CT molecular complexity index is 1180. The molecule has 0 spiro atoms. The molecular weight excluding hydrogens is 380 g/mol. The molecule has 6 nitrogen and oxygen atoms in total. The van der Waals surface area contributed by atoms with Gasteiger partial charge in [-0.1, -0.05) is 18.2 Å². The van der Waals surface area contributed by atoms with Gasteiger partial charge in [-0.05, 0) is 47.9 Å². The second-order valence-electron chi connectivity index (χ2n) is 5.99. The molecule has 0 fully saturated rings. The summed E-state index contributed by atoms with van der Waals surface area (Å²) in [5, 5.41) is 6.33. The highest BCUT2D eigenvalue weighted by atomic mass is 32.2. The van der Waals surface area contributed by atoms with E-state index < -0.39 is 10.0 Å². The maximum atomic E-state index is 11.4. The zero-order valence-corrected chi connectivity index (χ0v) is 16.0. The average molecular weight is 396 g/mol. The summed E-state index contributed by atoms with van der Waals surface area (Å²) in [7, 11) is -1.88. The van der Waals surface area contributed by atoms with Crippen LogP contribution in [0.5, 0.6) is 0 Å². The Labute approximate surface area is 161 Å². The third-order valence-corrected chi connectivity index (χ3v) is 6.24. The van der Waals surface area contributed by atoms with Crippen molar-refractivity contribution in [1.29, 1.82) is 0 Å². The number of primary sulfonamides is 1. The lowest BCUT2D eigenvalue weighted by Gasteiger charge is -2.17. The lowest BCUT2D eigenvalue weighted by Crippen LogP contribution is -2.15. The highest BCUT2D eigenvalue weighted by Gasteiger charge is 2.12. The van der Waals surface area contributed by atoms with Crippen LogP contribution in [-0.4, -0.2) is 25.4 Å². The second-order valence-corrected chi connectivity index (χ2v) is 8.63. The molecule has 0 aliphatic rings. The van der Waals surface area contributed by atoms with Crippen molar-refractivity contribution in [3.63, 3.8) is 0 Å². The minimum atomic E-state index is -3.71. The number of nitrogens with two attached hydrogens (primary N) is 1. The van der Waals surface area contributed by atoms with Crippen LogP contribution in [0.1, 0.15) is 0 Å². The van der Waals surface area contributed by atoms with Crippen LogP contribution in [0.2, 0.25) is 0 Å². The molecule has 27 heavy (non-hydrogen) atoms. The fourth-order valence-corrected chi connectivity index (χ4v) is 4.28. The van der Waals surface area contributed by atoms with Gasteiger partial charge in [-0.2, -0.15) is 0 Å². The van der Waals surface area contributed by atoms with Crippen LogP contribution < -0.4 is 10.0 Å². The van der Waals surface area contributed by atoms with Crippen molar-refractivity contribution in [3.05, 3.63) is 66.9 Å². The fourth-order valence-electron chi connectivity index (χ4n) is 2.73. The number of hydrogen-bond donors (Lipinski definition) is 1. The molecule has 4 rings (SSSR count). The number of fused-ring (bicyclic) bond motifs is 1. The van der Waals surface area contributed by atoms with Crippen LogP contribution in [0.25, 0.3) is 20.7 Å². The first-order chi connectivity index (χ1) is 12.9. The number of sulfonamides is 1. The first-order valence-corrected chi connectivity index (χ1v) is 10.5. The average Bonchev–Trinajstić information content (AvgIpc) is 3.11. The van der Waals surface area contributed by atoms with E-state index in [1.165, 1.54) is 22.2 Å². The number of benzene rings is 2. The summed E-state index contributed by atoms with van der Waals surface area (Å²) in [6.07, 6.45) is 1.72. The van der Waals surface area contributed by atoms with E-state index >= 15 is 0 Å². The summed E-state index contributed by atoms with van der Waals surface area (Å²) >= 11 is 1.68. The molecule has 4 aromatic rings. The van der Waals surface area contributed by atoms with Gasteiger partial charge < -0.3 is 4.90 Å². The summed E-state index contributed by atoms with van der Waals surface area (Å²) in [5.74, 6) is 0.522. The quantitative estimate of drug-likeness (QED) is 0.567. The third-order valence-electron chi connectivity index (χ3n) is 4.17. The molecule has 0 bridgehead atoms. The van der Waals surface area contributed by atoms with E-state index in [9.17, 15) is 8.42 Å². The van der Waals surface area contributed by atoms with Gasteiger partial charge in [-0.3, -0.25) is 0 Å². The van der Waals surface area contributed by atoms with Crippen molar-refractivity contribution in [2.24, 2.45) is 5.14 Å². The summed E-state index contributed by atoms with van der Waals surface area (Å²) in [6, 6.07) is 18.5. The molecule has 0 saturated heterocycles. The fraction of sp³-hybridized carbons (Fsp3) is 0.0526. The van der Waals surface area contributed by atoms with Gasteiger partial charge in [0.1, 0.15) is 0 Å². The monoisotopic (exact) mass is 396 g/mol. The predicted octanol–water partition coefficient (Wildman–Crippen LogP) is 3.77. The first kappa shape index (κ1) is 17.6. The smallest absolute Gasteiger partial charge is 0.238 e. The minimum absolute atomic E-state index is 0.0691. The predicted molar refractivity (Wildman–Crippen MR) is 109 cm³/mol. The van der Waals surface area contributed by atoms with Gasteiger partial charge in [0.2, 0.25) is 16.0 Å². The van der Waals surface area contributed by atoms with Gasteiger partial charge >= 0.3 is 0 Å². The molecule has 2 heterocycles. The van der Waals surface area contributed by atoms with Crippen LogP contribution in [0.15, 0.2) is 71.8 Å². The van der Waals surface area contributed by atoms with E-state index in [0.717, 1.165) is 16.3 Å². The number of thiophene rings is 1. The van der Waals surface area contributed by atoms with Gasteiger partial charge in [-0.25, -0.2) is 23.5 Å². The zero-order chi connectivity index (χ0) is 19.0. The lowest BCUT2D eigenvalue weighted by atomic mass is 10.2. The van der Waals surface area contributed by atoms with E-state index in [4.69, 9.17) is 5.14 Å². The second kappa shape index (κ2) is 6.73. The van der Waals surface area contributed by atoms with Crippen LogP contribution >= 0.6 is 11.3 Å². The molecule has 136 valence electrons. The minimum Gasteiger partial charge on any atom is -0.314 e. The summed E-state index contributed by atoms with van der Waals surface area (Å²) in [6.45, 7) is 0. The molecule has 0 aliphatic carbocycles. The number of hydrogen-bond acceptors (Lipinski definition) is 6. The molecular formula is C19H16N4O2S2. The van der Waals surface area contributed by atoms with Crippen LogP contribution in [0.4, 0.5) is 11.6 Å². The van der Waals surface area contributed by atoms with Gasteiger partial charge in [0, 0.05) is 23.6 Å². The van der Waals surface area contributed by atoms with Crippen LogP contribution in [-0.2, 0) is 10.0 Å². The van der Waals surface area contributed by atoms with Gasteiger partial charge in [-0.15, -0.1) is 11.3 Å². The molecule has 0 unspecified atom stereocenters. The third kappa shape index (κ3) is 3.55. The number of anilines is 2. The van der Waals surface area contributed by atoms with Gasteiger partial charge in [0.05, 0.1) is 15.5 Å². The first-order valence-electron chi connectivity index (χ1n) is 8.10. The largest absolute Gasteiger partial charge is 0.314 e. The lowest BCUT2D eigenvalue weighted by molar-refractivity contribution is 0.598. The zero-order valence-electron chi connectivity index (χ0n) is 14.4. The molecule has 0 saturated carbocycles. The highest BCUT2D eigenvalue weighted by Crippen LogP contribution is 2.33. The van der Waals surface area contributed by atoms with Crippen molar-refractivity contribution in [1.82, 2.24) is 9.97 Å². The molecule has 0 amide bonds. The van der Waals surface area contributed by atoms with Crippen LogP contribution in [0.3, 0.4) is 0 Å². The van der Waals surface area contributed by atoms with Gasteiger partial charge in [0.25, 0.3) is 0 Å². The molecule has 0 aliphatic heterocycles. The molecule has 2 N–H and O–H groups in total. The van der Waals surface area contributed by atoms with Crippen molar-refractivity contribution in [2.45, 2.75) is 4.90 Å². The SMILES string of the molecule is CN(c1ccc(S(N)(=O)=O)cc1)c1nccc(-c2cc3ccccc3s2)n1. The van der Waals surface area contributed by atoms with Gasteiger partial charge in [0.15, 0.2) is 0 Å². The van der Waals surface area contributed by atoms with E-state index in [0.29, 0.717) is 5.95 Å². The summed E-state index contributed by atoms with van der Waals surface area (Å²) in [5.41, 5.74) is 1.60. The van der Waals surface area contributed by atoms with E-state index in [-0.39, 0.29) is 4.90 Å². The topological polar surface area (TPSA) is 89.2 Å². The van der Waals surface area contributed by atoms with E-state index in [2.05, 4.69) is 28.2 Å². The highest BCUT2D eigenvalue weighted by molar-refractivity contribution is 7.89. The molecule has 8 heteroatoms. The Hall–Kier alpha value is -2.81. The standard InChI is InChI=1S/C19H16N4O2S2/c1-23(14-6-8-15(9-7-14)27(20,24)25)19-21-11-10-16(22-19)18-12-13-4-2-3-5-17(13)26-18/h2-12H,1H3,(H2,20,24,25). The molecule has 0 radical (unpaired) electrons. The van der Waals surface area contributed by atoms with Crippen molar-refractivity contribution >= 4 is 43.1 Å². The van der Waals surface area contributed by atoms with Crippen LogP contribution in [0, 0.1) is 0 Å². The van der Waals surface area contributed by atoms with E-state index in [1.54, 1.807) is 34.6 Å². The maximum absolute atomic E-state index is 11.4. The Morgan fingerprint density at radius 1 is 1.04 bits per heavy atom. The van der Waals surface area contributed by atoms with Crippen molar-refractivity contribution in [3.8, 4) is 10.6 Å². The number of aromatic nitrogens is 2. The maximum Gasteiger partial charge on any atom is 0.238 e. The Kier molecular flexibility index (Phi) is 4.39. The van der Waals surface area contributed by atoms with Crippen molar-refractivity contribution < 1.29 is 8.42 Å². The summed E-state index contributed by atoms with van der Waals surface area (Å²) in [4.78, 5) is 11.9. The Morgan fingerprint density at radius 3 is 2.48 bits per heavy atom. The Balaban J connectivity index is 1.67. The van der Waals surface area contributed by atoms with Crippen molar-refractivity contribution in [2.75, 3.05) is 11.9 Å². The molecule has 2 aromatic carbocycles. The number of nitrogens with zero attached hydrogens (tertiary/aromatic N) is 3. The summed E-state index contributed by atoms with van der Waals surface area (Å²) < 4.78 is 24.0. The number of rotatable bonds is 4.